The number of unbranched alkanes of at least 4 members (excludes halogenated alkanes) is 34. The molecule has 9 heteroatoms. The fourth-order valence-electron chi connectivity index (χ4n) is 9.98. The van der Waals surface area contributed by atoms with Gasteiger partial charge < -0.3 is 29.2 Å². The summed E-state index contributed by atoms with van der Waals surface area (Å²) in [6.45, 7) is 14.2. The van der Waals surface area contributed by atoms with Gasteiger partial charge in [-0.3, -0.25) is 14.4 Å². The number of carbonyl (C=O) groups is 4. The molecule has 1 atom stereocenters. The van der Waals surface area contributed by atoms with Crippen LogP contribution in [0.25, 0.3) is 0 Å². The third-order valence-electron chi connectivity index (χ3n) is 14.7. The lowest BCUT2D eigenvalue weighted by molar-refractivity contribution is -0.144. The van der Waals surface area contributed by atoms with Crippen LogP contribution in [-0.4, -0.2) is 97.0 Å². The fraction of sp³-hybridized carbons (Fsp3) is 0.937. The summed E-state index contributed by atoms with van der Waals surface area (Å²) < 4.78 is 11.1. The maximum Gasteiger partial charge on any atom is 0.305 e. The average Bonchev–Trinajstić information content (AvgIpc) is 3.35. The van der Waals surface area contributed by atoms with E-state index in [4.69, 9.17) is 9.47 Å². The molecule has 0 rings (SSSR count). The molecule has 72 heavy (non-hydrogen) atoms. The van der Waals surface area contributed by atoms with Crippen LogP contribution in [0.15, 0.2) is 0 Å². The normalized spacial score (nSPS) is 12.0. The van der Waals surface area contributed by atoms with Crippen molar-refractivity contribution in [2.45, 2.75) is 329 Å². The van der Waals surface area contributed by atoms with Gasteiger partial charge in [-0.05, 0) is 104 Å². The van der Waals surface area contributed by atoms with Gasteiger partial charge in [0.1, 0.15) is 11.6 Å². The summed E-state index contributed by atoms with van der Waals surface area (Å²) in [6.07, 6.45) is 50.6. The van der Waals surface area contributed by atoms with Crippen LogP contribution in [-0.2, 0) is 28.7 Å². The van der Waals surface area contributed by atoms with E-state index in [2.05, 4.69) is 30.6 Å². The molecule has 0 aromatic rings. The van der Waals surface area contributed by atoms with Crippen LogP contribution in [0.4, 0.5) is 0 Å². The molecule has 0 saturated heterocycles. The highest BCUT2D eigenvalue weighted by Crippen LogP contribution is 2.16. The SMILES string of the molecule is CCCCCCCCCCCCCC(=O)CCCCCN(CCCCCC(=O)OCCCCCCCCCCC)CC(O)CN(CCCCCC(C)=O)CCCCCC(=O)OCCCCCCCCCCC. The molecule has 0 aromatic carbocycles. The van der Waals surface area contributed by atoms with Crippen molar-refractivity contribution in [1.82, 2.24) is 9.80 Å². The quantitative estimate of drug-likeness (QED) is 0.0470. The van der Waals surface area contributed by atoms with Gasteiger partial charge in [0.15, 0.2) is 0 Å². The van der Waals surface area contributed by atoms with E-state index in [1.54, 1.807) is 6.92 Å². The van der Waals surface area contributed by atoms with Crippen molar-refractivity contribution < 1.29 is 33.8 Å². The first kappa shape index (κ1) is 70.2. The van der Waals surface area contributed by atoms with Crippen LogP contribution in [0.5, 0.6) is 0 Å². The van der Waals surface area contributed by atoms with Gasteiger partial charge >= 0.3 is 11.9 Å². The Morgan fingerprint density at radius 1 is 0.333 bits per heavy atom. The fourth-order valence-corrected chi connectivity index (χ4v) is 9.98. The Balaban J connectivity index is 4.93. The summed E-state index contributed by atoms with van der Waals surface area (Å²) in [4.78, 5) is 54.0. The van der Waals surface area contributed by atoms with Crippen molar-refractivity contribution in [1.29, 1.82) is 0 Å². The second-order valence-corrected chi connectivity index (χ2v) is 22.1. The summed E-state index contributed by atoms with van der Waals surface area (Å²) >= 11 is 0. The number of esters is 2. The highest BCUT2D eigenvalue weighted by atomic mass is 16.5. The van der Waals surface area contributed by atoms with Crippen LogP contribution in [0.1, 0.15) is 323 Å². The van der Waals surface area contributed by atoms with E-state index in [0.717, 1.165) is 142 Å². The molecule has 0 bridgehead atoms. The third-order valence-corrected chi connectivity index (χ3v) is 14.7. The minimum Gasteiger partial charge on any atom is -0.466 e. The van der Waals surface area contributed by atoms with Crippen LogP contribution < -0.4 is 0 Å². The maximum atomic E-state index is 12.7. The van der Waals surface area contributed by atoms with Crippen molar-refractivity contribution in [3.8, 4) is 0 Å². The number of aliphatic hydroxyl groups is 1. The first-order valence-corrected chi connectivity index (χ1v) is 31.7. The number of carbonyl (C=O) groups excluding carboxylic acids is 4. The molecule has 0 aliphatic carbocycles. The Kier molecular flexibility index (Phi) is 55.4. The Hall–Kier alpha value is -1.84. The van der Waals surface area contributed by atoms with Gasteiger partial charge in [0.2, 0.25) is 0 Å². The Morgan fingerprint density at radius 3 is 0.889 bits per heavy atom. The van der Waals surface area contributed by atoms with E-state index >= 15 is 0 Å². The lowest BCUT2D eigenvalue weighted by Crippen LogP contribution is -2.41. The molecule has 0 saturated carbocycles. The van der Waals surface area contributed by atoms with E-state index in [1.165, 1.54) is 154 Å². The predicted molar refractivity (Wildman–Crippen MR) is 306 cm³/mol. The van der Waals surface area contributed by atoms with E-state index in [1.807, 2.05) is 0 Å². The minimum absolute atomic E-state index is 0.0782. The van der Waals surface area contributed by atoms with Gasteiger partial charge in [-0.25, -0.2) is 0 Å². The molecule has 426 valence electrons. The van der Waals surface area contributed by atoms with Crippen molar-refractivity contribution in [3.63, 3.8) is 0 Å². The second kappa shape index (κ2) is 56.9. The van der Waals surface area contributed by atoms with Crippen molar-refractivity contribution in [2.24, 2.45) is 0 Å². The molecule has 0 radical (unpaired) electrons. The number of aliphatic hydroxyl groups excluding tert-OH is 1. The third kappa shape index (κ3) is 54.4. The highest BCUT2D eigenvalue weighted by molar-refractivity contribution is 5.78. The van der Waals surface area contributed by atoms with Gasteiger partial charge in [-0.15, -0.1) is 0 Å². The van der Waals surface area contributed by atoms with Crippen LogP contribution in [0.3, 0.4) is 0 Å². The monoisotopic (exact) mass is 1020 g/mol. The molecular weight excluding hydrogens is 897 g/mol. The summed E-state index contributed by atoms with van der Waals surface area (Å²) in [5.41, 5.74) is 0. The summed E-state index contributed by atoms with van der Waals surface area (Å²) in [5.74, 6) is 0.494. The largest absolute Gasteiger partial charge is 0.466 e. The number of hydrogen-bond acceptors (Lipinski definition) is 9. The molecule has 0 fully saturated rings. The lowest BCUT2D eigenvalue weighted by atomic mass is 10.0. The van der Waals surface area contributed by atoms with E-state index < -0.39 is 6.10 Å². The zero-order chi connectivity index (χ0) is 52.6. The minimum atomic E-state index is -0.498. The second-order valence-electron chi connectivity index (χ2n) is 22.1. The van der Waals surface area contributed by atoms with Gasteiger partial charge in [-0.1, -0.05) is 213 Å². The summed E-state index contributed by atoms with van der Waals surface area (Å²) in [7, 11) is 0. The molecule has 0 aliphatic rings. The number of ether oxygens (including phenoxy) is 2. The molecule has 0 aromatic heterocycles. The molecule has 9 nitrogen and oxygen atoms in total. The molecule has 0 amide bonds. The smallest absolute Gasteiger partial charge is 0.305 e. The maximum absolute atomic E-state index is 12.7. The Labute approximate surface area is 447 Å². The molecular formula is C63H122N2O7. The number of ketones is 2. The Morgan fingerprint density at radius 2 is 0.583 bits per heavy atom. The summed E-state index contributed by atoms with van der Waals surface area (Å²) in [6, 6.07) is 0. The van der Waals surface area contributed by atoms with Crippen molar-refractivity contribution >= 4 is 23.5 Å². The van der Waals surface area contributed by atoms with Crippen molar-refractivity contribution in [2.75, 3.05) is 52.5 Å². The molecule has 0 spiro atoms. The Bertz CT molecular complexity index is 1180. The number of hydrogen-bond donors (Lipinski definition) is 1. The first-order chi connectivity index (χ1) is 35.2. The number of Topliss-reactive ketones (excluding diaryl/α,β-unsaturated/α-hetero) is 2. The zero-order valence-corrected chi connectivity index (χ0v) is 48.6. The summed E-state index contributed by atoms with van der Waals surface area (Å²) in [5, 5.41) is 11.6. The van der Waals surface area contributed by atoms with Crippen molar-refractivity contribution in [3.05, 3.63) is 0 Å². The molecule has 1 unspecified atom stereocenters. The van der Waals surface area contributed by atoms with E-state index in [-0.39, 0.29) is 17.7 Å². The predicted octanol–water partition coefficient (Wildman–Crippen LogP) is 17.2. The number of nitrogens with zero attached hydrogens (tertiary/aromatic N) is 2. The van der Waals surface area contributed by atoms with Gasteiger partial charge in [0.05, 0.1) is 19.3 Å². The topological polar surface area (TPSA) is 113 Å². The van der Waals surface area contributed by atoms with Gasteiger partial charge in [-0.2, -0.15) is 0 Å². The molecule has 0 aliphatic heterocycles. The van der Waals surface area contributed by atoms with E-state index in [9.17, 15) is 24.3 Å². The lowest BCUT2D eigenvalue weighted by Gasteiger charge is -2.29. The van der Waals surface area contributed by atoms with Gasteiger partial charge in [0, 0.05) is 45.2 Å². The molecule has 0 heterocycles. The zero-order valence-electron chi connectivity index (χ0n) is 48.6. The van der Waals surface area contributed by atoms with Crippen LogP contribution in [0.2, 0.25) is 0 Å². The van der Waals surface area contributed by atoms with Crippen LogP contribution >= 0.6 is 0 Å². The molecule has 1 N–H and O–H groups in total. The number of rotatable bonds is 60. The standard InChI is InChI=1S/C63H122N2O7/c1-5-8-11-14-17-20-21-22-25-28-36-47-60(67)48-37-32-41-52-65(54-43-34-39-50-63(70)72-56-45-30-27-24-19-16-13-10-7-3)58-61(68)57-64(51-40-31-35-46-59(4)66)53-42-33-38-49-62(69)71-55-44-29-26-23-18-15-12-9-6-2/h61,68H,5-58H2,1-4H3. The average molecular weight is 1020 g/mol. The highest BCUT2D eigenvalue weighted by Gasteiger charge is 2.17. The first-order valence-electron chi connectivity index (χ1n) is 31.7. The van der Waals surface area contributed by atoms with E-state index in [0.29, 0.717) is 57.8 Å². The van der Waals surface area contributed by atoms with Gasteiger partial charge in [0.25, 0.3) is 0 Å². The van der Waals surface area contributed by atoms with Crippen LogP contribution in [0, 0.1) is 0 Å².